The Balaban J connectivity index is 2.57. The van der Waals surface area contributed by atoms with Gasteiger partial charge in [0.25, 0.3) is 0 Å². The van der Waals surface area contributed by atoms with Gasteiger partial charge in [0.2, 0.25) is 0 Å². The maximum Gasteiger partial charge on any atom is 0.319 e. The molecule has 0 heterocycles. The Morgan fingerprint density at radius 1 is 1.47 bits per heavy atom. The molecule has 0 aromatic heterocycles. The van der Waals surface area contributed by atoms with Crippen LogP contribution in [0.1, 0.15) is 18.1 Å². The summed E-state index contributed by atoms with van der Waals surface area (Å²) in [7, 11) is 0. The van der Waals surface area contributed by atoms with Gasteiger partial charge in [-0.05, 0) is 38.0 Å². The fraction of sp³-hybridized carbons (Fsp3) is 0.385. The second-order valence-corrected chi connectivity index (χ2v) is 4.18. The Morgan fingerprint density at radius 2 is 2.18 bits per heavy atom. The van der Waals surface area contributed by atoms with E-state index in [1.54, 1.807) is 6.92 Å². The molecule has 0 spiro atoms. The van der Waals surface area contributed by atoms with Crippen molar-refractivity contribution in [3.63, 3.8) is 0 Å². The predicted octanol–water partition coefficient (Wildman–Crippen LogP) is 2.58. The maximum atomic E-state index is 11.6. The van der Waals surface area contributed by atoms with E-state index in [1.165, 1.54) is 0 Å². The topological polar surface area (TPSA) is 64.9 Å². The van der Waals surface area contributed by atoms with Gasteiger partial charge in [-0.2, -0.15) is 5.26 Å². The summed E-state index contributed by atoms with van der Waals surface area (Å²) >= 11 is 0. The largest absolute Gasteiger partial charge is 0.337 e. The van der Waals surface area contributed by atoms with Crippen LogP contribution in [0.3, 0.4) is 0 Å². The Kier molecular flexibility index (Phi) is 4.53. The molecule has 0 bridgehead atoms. The first kappa shape index (κ1) is 13.0. The number of aryl methyl sites for hydroxylation is 2. The first-order valence-corrected chi connectivity index (χ1v) is 5.54. The average molecular weight is 231 g/mol. The third-order valence-electron chi connectivity index (χ3n) is 2.43. The van der Waals surface area contributed by atoms with Gasteiger partial charge >= 0.3 is 6.03 Å². The molecule has 1 aromatic carbocycles. The van der Waals surface area contributed by atoms with Gasteiger partial charge in [-0.1, -0.05) is 12.1 Å². The van der Waals surface area contributed by atoms with Crippen molar-refractivity contribution in [2.75, 3.05) is 11.9 Å². The van der Waals surface area contributed by atoms with Crippen LogP contribution < -0.4 is 10.6 Å². The number of hydrogen-bond acceptors (Lipinski definition) is 2. The predicted molar refractivity (Wildman–Crippen MR) is 67.7 cm³/mol. The quantitative estimate of drug-likeness (QED) is 0.839. The SMILES string of the molecule is Cc1ccc(C)c(NC(=O)NC[C@H](C)C#N)c1. The standard InChI is InChI=1S/C13H17N3O/c1-9-4-5-11(3)12(6-9)16-13(17)15-8-10(2)7-14/h4-6,10H,8H2,1-3H3,(H2,15,16,17)/t10-/m1/s1. The zero-order valence-electron chi connectivity index (χ0n) is 10.4. The van der Waals surface area contributed by atoms with Gasteiger partial charge < -0.3 is 10.6 Å². The van der Waals surface area contributed by atoms with E-state index in [1.807, 2.05) is 32.0 Å². The van der Waals surface area contributed by atoms with Crippen LogP contribution in [0.2, 0.25) is 0 Å². The third-order valence-corrected chi connectivity index (χ3v) is 2.43. The molecule has 0 aliphatic carbocycles. The summed E-state index contributed by atoms with van der Waals surface area (Å²) in [6.07, 6.45) is 0. The summed E-state index contributed by atoms with van der Waals surface area (Å²) < 4.78 is 0. The van der Waals surface area contributed by atoms with Crippen molar-refractivity contribution < 1.29 is 4.79 Å². The van der Waals surface area contributed by atoms with Gasteiger partial charge in [-0.25, -0.2) is 4.79 Å². The van der Waals surface area contributed by atoms with Gasteiger partial charge in [0.1, 0.15) is 0 Å². The molecular weight excluding hydrogens is 214 g/mol. The highest BCUT2D eigenvalue weighted by Gasteiger charge is 2.06. The normalized spacial score (nSPS) is 11.4. The molecule has 0 radical (unpaired) electrons. The molecule has 1 aromatic rings. The molecule has 4 heteroatoms. The van der Waals surface area contributed by atoms with E-state index in [0.29, 0.717) is 6.54 Å². The minimum atomic E-state index is -0.277. The Hall–Kier alpha value is -2.02. The zero-order chi connectivity index (χ0) is 12.8. The number of nitriles is 1. The molecule has 2 N–H and O–H groups in total. The Labute approximate surface area is 102 Å². The van der Waals surface area contributed by atoms with Crippen LogP contribution in [0.15, 0.2) is 18.2 Å². The van der Waals surface area contributed by atoms with Crippen LogP contribution in [0.5, 0.6) is 0 Å². The lowest BCUT2D eigenvalue weighted by atomic mass is 10.1. The summed E-state index contributed by atoms with van der Waals surface area (Å²) in [5.41, 5.74) is 2.91. The van der Waals surface area contributed by atoms with Crippen molar-refractivity contribution in [3.8, 4) is 6.07 Å². The van der Waals surface area contributed by atoms with E-state index >= 15 is 0 Å². The summed E-state index contributed by atoms with van der Waals surface area (Å²) in [6.45, 7) is 6.03. The Bertz CT molecular complexity index is 448. The van der Waals surface area contributed by atoms with Crippen molar-refractivity contribution in [1.29, 1.82) is 5.26 Å². The van der Waals surface area contributed by atoms with Crippen molar-refractivity contribution in [1.82, 2.24) is 5.32 Å². The van der Waals surface area contributed by atoms with E-state index in [-0.39, 0.29) is 11.9 Å². The van der Waals surface area contributed by atoms with E-state index in [9.17, 15) is 4.79 Å². The first-order chi connectivity index (χ1) is 8.02. The molecule has 0 aliphatic heterocycles. The first-order valence-electron chi connectivity index (χ1n) is 5.54. The molecule has 0 unspecified atom stereocenters. The number of hydrogen-bond donors (Lipinski definition) is 2. The van der Waals surface area contributed by atoms with Gasteiger partial charge in [-0.3, -0.25) is 0 Å². The fourth-order valence-corrected chi connectivity index (χ4v) is 1.33. The monoisotopic (exact) mass is 231 g/mol. The molecule has 0 aliphatic rings. The van der Waals surface area contributed by atoms with Crippen LogP contribution in [0.25, 0.3) is 0 Å². The number of benzene rings is 1. The minimum Gasteiger partial charge on any atom is -0.337 e. The summed E-state index contributed by atoms with van der Waals surface area (Å²) in [4.78, 5) is 11.6. The molecule has 0 saturated heterocycles. The molecule has 1 rings (SSSR count). The molecule has 4 nitrogen and oxygen atoms in total. The van der Waals surface area contributed by atoms with E-state index < -0.39 is 0 Å². The molecular formula is C13H17N3O. The second kappa shape index (κ2) is 5.90. The number of carbonyl (C=O) groups excluding carboxylic acids is 1. The molecule has 2 amide bonds. The van der Waals surface area contributed by atoms with E-state index in [2.05, 4.69) is 16.7 Å². The fourth-order valence-electron chi connectivity index (χ4n) is 1.33. The minimum absolute atomic E-state index is 0.181. The molecule has 1 atom stereocenters. The Morgan fingerprint density at radius 3 is 2.82 bits per heavy atom. The highest BCUT2D eigenvalue weighted by Crippen LogP contribution is 2.15. The molecule has 0 fully saturated rings. The van der Waals surface area contributed by atoms with Crippen LogP contribution in [-0.4, -0.2) is 12.6 Å². The summed E-state index contributed by atoms with van der Waals surface area (Å²) in [6, 6.07) is 7.66. The van der Waals surface area contributed by atoms with E-state index in [4.69, 9.17) is 5.26 Å². The van der Waals surface area contributed by atoms with Gasteiger partial charge in [-0.15, -0.1) is 0 Å². The molecule has 90 valence electrons. The highest BCUT2D eigenvalue weighted by atomic mass is 16.2. The second-order valence-electron chi connectivity index (χ2n) is 4.18. The van der Waals surface area contributed by atoms with Crippen LogP contribution in [0.4, 0.5) is 10.5 Å². The number of nitrogens with zero attached hydrogens (tertiary/aromatic N) is 1. The number of carbonyl (C=O) groups is 1. The lowest BCUT2D eigenvalue weighted by Crippen LogP contribution is -2.32. The number of rotatable bonds is 3. The smallest absolute Gasteiger partial charge is 0.319 e. The van der Waals surface area contributed by atoms with Crippen molar-refractivity contribution in [2.24, 2.45) is 5.92 Å². The maximum absolute atomic E-state index is 11.6. The zero-order valence-corrected chi connectivity index (χ0v) is 10.4. The molecule has 0 saturated carbocycles. The number of amides is 2. The van der Waals surface area contributed by atoms with Gasteiger partial charge in [0.15, 0.2) is 0 Å². The number of urea groups is 1. The molecule has 17 heavy (non-hydrogen) atoms. The van der Waals surface area contributed by atoms with Crippen molar-refractivity contribution in [2.45, 2.75) is 20.8 Å². The summed E-state index contributed by atoms with van der Waals surface area (Å²) in [5, 5.41) is 14.0. The van der Waals surface area contributed by atoms with Crippen LogP contribution in [-0.2, 0) is 0 Å². The lowest BCUT2D eigenvalue weighted by Gasteiger charge is -2.11. The third kappa shape index (κ3) is 4.15. The van der Waals surface area contributed by atoms with Gasteiger partial charge in [0.05, 0.1) is 12.0 Å². The number of nitrogens with one attached hydrogen (secondary N) is 2. The average Bonchev–Trinajstić information content (AvgIpc) is 2.30. The lowest BCUT2D eigenvalue weighted by molar-refractivity contribution is 0.251. The van der Waals surface area contributed by atoms with Crippen LogP contribution >= 0.6 is 0 Å². The number of anilines is 1. The van der Waals surface area contributed by atoms with E-state index in [0.717, 1.165) is 16.8 Å². The van der Waals surface area contributed by atoms with Crippen molar-refractivity contribution in [3.05, 3.63) is 29.3 Å². The summed E-state index contributed by atoms with van der Waals surface area (Å²) in [5.74, 6) is -0.181. The highest BCUT2D eigenvalue weighted by molar-refractivity contribution is 5.90. The van der Waals surface area contributed by atoms with Gasteiger partial charge in [0, 0.05) is 12.2 Å². The van der Waals surface area contributed by atoms with Crippen molar-refractivity contribution >= 4 is 11.7 Å². The van der Waals surface area contributed by atoms with Crippen LogP contribution in [0, 0.1) is 31.1 Å².